The lowest BCUT2D eigenvalue weighted by Gasteiger charge is -2.12. The number of ether oxygens (including phenoxy) is 4. The van der Waals surface area contributed by atoms with E-state index in [1.807, 2.05) is 30.3 Å². The maximum Gasteiger partial charge on any atom is 0.268 e. The van der Waals surface area contributed by atoms with Crippen molar-refractivity contribution in [2.75, 3.05) is 32.8 Å². The molecule has 33 heavy (non-hydrogen) atoms. The van der Waals surface area contributed by atoms with Crippen molar-refractivity contribution in [3.8, 4) is 29.1 Å². The van der Waals surface area contributed by atoms with Crippen molar-refractivity contribution in [1.29, 1.82) is 5.26 Å². The first-order valence-corrected chi connectivity index (χ1v) is 10.6. The van der Waals surface area contributed by atoms with Gasteiger partial charge in [0.05, 0.1) is 14.2 Å². The molecule has 0 saturated carbocycles. The predicted octanol–water partition coefficient (Wildman–Crippen LogP) is 3.87. The molecule has 1 N–H and O–H groups in total. The van der Waals surface area contributed by atoms with Gasteiger partial charge in [0, 0.05) is 0 Å². The number of hydrogen-bond donors (Lipinski definition) is 1. The molecule has 0 unspecified atom stereocenters. The van der Waals surface area contributed by atoms with Crippen molar-refractivity contribution in [1.82, 2.24) is 10.2 Å². The zero-order valence-corrected chi connectivity index (χ0v) is 19.1. The van der Waals surface area contributed by atoms with Gasteiger partial charge in [-0.2, -0.15) is 5.26 Å². The van der Waals surface area contributed by atoms with E-state index in [0.717, 1.165) is 5.75 Å². The van der Waals surface area contributed by atoms with Gasteiger partial charge in [0.25, 0.3) is 5.91 Å². The SMILES string of the molecule is COc1ccc(OCCOc2ccc(/C=C(/C#N)C(=O)Nc3nnc(C)s3)cc2OC)cc1. The monoisotopic (exact) mass is 466 g/mol. The number of methoxy groups -OCH3 is 2. The van der Waals surface area contributed by atoms with E-state index in [4.69, 9.17) is 18.9 Å². The van der Waals surface area contributed by atoms with Crippen LogP contribution < -0.4 is 24.3 Å². The van der Waals surface area contributed by atoms with Gasteiger partial charge < -0.3 is 18.9 Å². The van der Waals surface area contributed by atoms with Gasteiger partial charge in [-0.05, 0) is 55.0 Å². The third kappa shape index (κ3) is 6.69. The van der Waals surface area contributed by atoms with E-state index in [0.29, 0.717) is 46.2 Å². The Labute approximate surface area is 195 Å². The number of nitriles is 1. The van der Waals surface area contributed by atoms with Crippen LogP contribution in [0.25, 0.3) is 6.08 Å². The molecule has 10 heteroatoms. The second-order valence-corrected chi connectivity index (χ2v) is 7.71. The Kier molecular flexibility index (Phi) is 8.21. The summed E-state index contributed by atoms with van der Waals surface area (Å²) in [6, 6.07) is 14.3. The van der Waals surface area contributed by atoms with Crippen molar-refractivity contribution in [2.24, 2.45) is 0 Å². The van der Waals surface area contributed by atoms with Gasteiger partial charge in [0.15, 0.2) is 11.5 Å². The van der Waals surface area contributed by atoms with Gasteiger partial charge in [0.1, 0.15) is 41.4 Å². The number of carbonyl (C=O) groups is 1. The highest BCUT2D eigenvalue weighted by molar-refractivity contribution is 7.15. The summed E-state index contributed by atoms with van der Waals surface area (Å²) in [5.41, 5.74) is 0.528. The molecule has 0 radical (unpaired) electrons. The van der Waals surface area contributed by atoms with Crippen molar-refractivity contribution < 1.29 is 23.7 Å². The van der Waals surface area contributed by atoms with Crippen LogP contribution in [0.5, 0.6) is 23.0 Å². The first-order valence-electron chi connectivity index (χ1n) is 9.83. The third-order valence-corrected chi connectivity index (χ3v) is 5.03. The van der Waals surface area contributed by atoms with Gasteiger partial charge in [-0.25, -0.2) is 0 Å². The second-order valence-electron chi connectivity index (χ2n) is 6.53. The van der Waals surface area contributed by atoms with Gasteiger partial charge in [-0.15, -0.1) is 10.2 Å². The van der Waals surface area contributed by atoms with Crippen LogP contribution in [0.4, 0.5) is 5.13 Å². The summed E-state index contributed by atoms with van der Waals surface area (Å²) < 4.78 is 21.9. The van der Waals surface area contributed by atoms with E-state index in [9.17, 15) is 10.1 Å². The van der Waals surface area contributed by atoms with Crippen LogP contribution in [0.3, 0.4) is 0 Å². The average molecular weight is 467 g/mol. The fourth-order valence-electron chi connectivity index (χ4n) is 2.70. The minimum atomic E-state index is -0.566. The summed E-state index contributed by atoms with van der Waals surface area (Å²) in [6.07, 6.45) is 1.46. The Hall–Kier alpha value is -4.10. The summed E-state index contributed by atoms with van der Waals surface area (Å²) in [5, 5.41) is 20.7. The smallest absolute Gasteiger partial charge is 0.268 e. The van der Waals surface area contributed by atoms with Crippen LogP contribution in [0.15, 0.2) is 48.0 Å². The van der Waals surface area contributed by atoms with Crippen LogP contribution in [-0.2, 0) is 4.79 Å². The Morgan fingerprint density at radius 1 is 1.03 bits per heavy atom. The van der Waals surface area contributed by atoms with E-state index in [-0.39, 0.29) is 5.57 Å². The summed E-state index contributed by atoms with van der Waals surface area (Å²) >= 11 is 1.22. The molecule has 3 aromatic rings. The van der Waals surface area contributed by atoms with E-state index < -0.39 is 5.91 Å². The molecular weight excluding hydrogens is 444 g/mol. The van der Waals surface area contributed by atoms with Crippen molar-refractivity contribution in [3.05, 3.63) is 58.6 Å². The van der Waals surface area contributed by atoms with Gasteiger partial charge in [0.2, 0.25) is 5.13 Å². The van der Waals surface area contributed by atoms with E-state index in [1.54, 1.807) is 32.2 Å². The molecule has 2 aromatic carbocycles. The van der Waals surface area contributed by atoms with Crippen molar-refractivity contribution >= 4 is 28.5 Å². The lowest BCUT2D eigenvalue weighted by Crippen LogP contribution is -2.13. The standard InChI is InChI=1S/C23H22N4O5S/c1-15-26-27-23(33-15)25-22(28)17(14-24)12-16-4-9-20(21(13-16)30-3)32-11-10-31-19-7-5-18(29-2)6-8-19/h4-9,12-13H,10-11H2,1-3H3,(H,25,27,28)/b17-12-. The first kappa shape index (κ1) is 23.6. The van der Waals surface area contributed by atoms with Gasteiger partial charge in [-0.3, -0.25) is 10.1 Å². The van der Waals surface area contributed by atoms with Crippen LogP contribution in [0.2, 0.25) is 0 Å². The topological polar surface area (TPSA) is 116 Å². The minimum Gasteiger partial charge on any atom is -0.497 e. The van der Waals surface area contributed by atoms with Crippen LogP contribution in [0.1, 0.15) is 10.6 Å². The molecule has 1 amide bonds. The maximum absolute atomic E-state index is 12.4. The number of amides is 1. The number of aryl methyl sites for hydroxylation is 1. The van der Waals surface area contributed by atoms with E-state index >= 15 is 0 Å². The molecule has 0 bridgehead atoms. The largest absolute Gasteiger partial charge is 0.497 e. The highest BCUT2D eigenvalue weighted by Gasteiger charge is 2.13. The highest BCUT2D eigenvalue weighted by Crippen LogP contribution is 2.29. The number of anilines is 1. The summed E-state index contributed by atoms with van der Waals surface area (Å²) in [7, 11) is 3.12. The first-order chi connectivity index (χ1) is 16.0. The Morgan fingerprint density at radius 3 is 2.39 bits per heavy atom. The van der Waals surface area contributed by atoms with Crippen LogP contribution in [-0.4, -0.2) is 43.5 Å². The fraction of sp³-hybridized carbons (Fsp3) is 0.217. The molecule has 0 spiro atoms. The molecule has 9 nitrogen and oxygen atoms in total. The van der Waals surface area contributed by atoms with E-state index in [1.165, 1.54) is 24.5 Å². The van der Waals surface area contributed by atoms with Crippen molar-refractivity contribution in [2.45, 2.75) is 6.92 Å². The van der Waals surface area contributed by atoms with Crippen LogP contribution in [0, 0.1) is 18.3 Å². The maximum atomic E-state index is 12.4. The van der Waals surface area contributed by atoms with Gasteiger partial charge >= 0.3 is 0 Å². The number of nitrogens with zero attached hydrogens (tertiary/aromatic N) is 3. The number of carbonyl (C=O) groups excluding carboxylic acids is 1. The zero-order chi connectivity index (χ0) is 23.6. The number of hydrogen-bond acceptors (Lipinski definition) is 9. The average Bonchev–Trinajstić information content (AvgIpc) is 3.25. The molecule has 170 valence electrons. The molecule has 1 heterocycles. The summed E-state index contributed by atoms with van der Waals surface area (Å²) in [5.74, 6) is 1.87. The lowest BCUT2D eigenvalue weighted by atomic mass is 10.1. The molecule has 0 aliphatic rings. The van der Waals surface area contributed by atoms with E-state index in [2.05, 4.69) is 15.5 Å². The Balaban J connectivity index is 1.60. The summed E-state index contributed by atoms with van der Waals surface area (Å²) in [4.78, 5) is 12.4. The Bertz CT molecular complexity index is 1170. The quantitative estimate of drug-likeness (QED) is 0.272. The van der Waals surface area contributed by atoms with Gasteiger partial charge in [-0.1, -0.05) is 17.4 Å². The third-order valence-electron chi connectivity index (χ3n) is 4.28. The molecule has 3 rings (SSSR count). The predicted molar refractivity (Wildman–Crippen MR) is 124 cm³/mol. The minimum absolute atomic E-state index is 0.0773. The molecule has 0 fully saturated rings. The number of aromatic nitrogens is 2. The lowest BCUT2D eigenvalue weighted by molar-refractivity contribution is -0.112. The van der Waals surface area contributed by atoms with Crippen molar-refractivity contribution in [3.63, 3.8) is 0 Å². The number of rotatable bonds is 10. The summed E-state index contributed by atoms with van der Waals surface area (Å²) in [6.45, 7) is 2.40. The molecule has 0 aliphatic heterocycles. The molecule has 0 saturated heterocycles. The number of benzene rings is 2. The van der Waals surface area contributed by atoms with Crippen LogP contribution >= 0.6 is 11.3 Å². The fourth-order valence-corrected chi connectivity index (χ4v) is 3.29. The highest BCUT2D eigenvalue weighted by atomic mass is 32.1. The molecular formula is C23H22N4O5S. The number of nitrogens with one attached hydrogen (secondary N) is 1. The molecule has 0 aliphatic carbocycles. The second kappa shape index (κ2) is 11.5. The Morgan fingerprint density at radius 2 is 1.76 bits per heavy atom. The molecule has 0 atom stereocenters. The molecule has 1 aromatic heterocycles. The zero-order valence-electron chi connectivity index (χ0n) is 18.3. The normalized spacial score (nSPS) is 10.8.